The van der Waals surface area contributed by atoms with Gasteiger partial charge >= 0.3 is 6.09 Å². The molecule has 0 N–H and O–H groups in total. The molecule has 2 saturated heterocycles. The molecule has 0 unspecified atom stereocenters. The lowest BCUT2D eigenvalue weighted by molar-refractivity contribution is -0.137. The molecule has 0 bridgehead atoms. The van der Waals surface area contributed by atoms with Crippen LogP contribution in [-0.4, -0.2) is 82.3 Å². The molecule has 2 aromatic rings. The van der Waals surface area contributed by atoms with Crippen LogP contribution in [0.25, 0.3) is 4.96 Å². The van der Waals surface area contributed by atoms with Crippen molar-refractivity contribution in [2.45, 2.75) is 26.7 Å². The van der Waals surface area contributed by atoms with E-state index in [9.17, 15) is 14.4 Å². The quantitative estimate of drug-likeness (QED) is 0.710. The topological polar surface area (TPSA) is 100 Å². The van der Waals surface area contributed by atoms with Crippen LogP contribution in [0.1, 0.15) is 25.5 Å². The zero-order valence-corrected chi connectivity index (χ0v) is 18.1. The number of aryl methyl sites for hydroxylation is 1. The van der Waals surface area contributed by atoms with E-state index in [1.807, 2.05) is 4.90 Å². The van der Waals surface area contributed by atoms with Crippen molar-refractivity contribution in [3.8, 4) is 0 Å². The van der Waals surface area contributed by atoms with E-state index in [1.54, 1.807) is 18.7 Å². The first kappa shape index (κ1) is 20.6. The van der Waals surface area contributed by atoms with Crippen LogP contribution in [-0.2, 0) is 9.53 Å². The molecular formula is C19H26N6O4S. The Balaban J connectivity index is 1.32. The van der Waals surface area contributed by atoms with Gasteiger partial charge < -0.3 is 19.4 Å². The standard InChI is InChI=1S/C19H26N6O4S/c1-3-29-19(28)24-10-8-22(9-11-24)16(27)14-4-6-23(7-5-14)18-21-25-15(26)12-13(2)20-17(25)30-18/h12,14H,3-11H2,1-2H3. The van der Waals surface area contributed by atoms with Crippen LogP contribution in [0.5, 0.6) is 0 Å². The van der Waals surface area contributed by atoms with Crippen molar-refractivity contribution in [1.29, 1.82) is 0 Å². The van der Waals surface area contributed by atoms with Gasteiger partial charge in [0, 0.05) is 56.9 Å². The molecule has 0 spiro atoms. The first-order chi connectivity index (χ1) is 14.5. The monoisotopic (exact) mass is 434 g/mol. The zero-order valence-electron chi connectivity index (χ0n) is 17.2. The molecule has 2 aliphatic rings. The molecule has 2 amide bonds. The minimum Gasteiger partial charge on any atom is -0.450 e. The van der Waals surface area contributed by atoms with E-state index in [0.29, 0.717) is 56.5 Å². The molecule has 30 heavy (non-hydrogen) atoms. The van der Waals surface area contributed by atoms with Crippen molar-refractivity contribution in [2.75, 3.05) is 50.8 Å². The summed E-state index contributed by atoms with van der Waals surface area (Å²) in [5.74, 6) is 0.142. The summed E-state index contributed by atoms with van der Waals surface area (Å²) in [6.45, 7) is 7.48. The Labute approximate surface area is 178 Å². The van der Waals surface area contributed by atoms with Gasteiger partial charge in [-0.1, -0.05) is 11.3 Å². The predicted molar refractivity (Wildman–Crippen MR) is 112 cm³/mol. The summed E-state index contributed by atoms with van der Waals surface area (Å²) in [4.78, 5) is 47.4. The van der Waals surface area contributed by atoms with E-state index in [1.165, 1.54) is 21.9 Å². The summed E-state index contributed by atoms with van der Waals surface area (Å²) >= 11 is 1.40. The summed E-state index contributed by atoms with van der Waals surface area (Å²) in [7, 11) is 0. The fourth-order valence-electron chi connectivity index (χ4n) is 3.94. The molecule has 2 aromatic heterocycles. The smallest absolute Gasteiger partial charge is 0.409 e. The second-order valence-corrected chi connectivity index (χ2v) is 8.52. The minimum atomic E-state index is -0.308. The predicted octanol–water partition coefficient (Wildman–Crippen LogP) is 0.977. The summed E-state index contributed by atoms with van der Waals surface area (Å²) in [6.07, 6.45) is 1.18. The van der Waals surface area contributed by atoms with Gasteiger partial charge in [-0.2, -0.15) is 4.52 Å². The normalized spacial score (nSPS) is 18.1. The summed E-state index contributed by atoms with van der Waals surface area (Å²) < 4.78 is 6.37. The Kier molecular flexibility index (Phi) is 5.89. The van der Waals surface area contributed by atoms with Crippen molar-refractivity contribution < 1.29 is 14.3 Å². The Morgan fingerprint density at radius 1 is 1.13 bits per heavy atom. The highest BCUT2D eigenvalue weighted by Crippen LogP contribution is 2.28. The molecular weight excluding hydrogens is 408 g/mol. The SMILES string of the molecule is CCOC(=O)N1CCN(C(=O)C2CCN(c3nn4c(=O)cc(C)nc4s3)CC2)CC1. The van der Waals surface area contributed by atoms with Gasteiger partial charge in [-0.25, -0.2) is 9.78 Å². The molecule has 11 heteroatoms. The maximum Gasteiger partial charge on any atom is 0.409 e. The second-order valence-electron chi connectivity index (χ2n) is 7.59. The van der Waals surface area contributed by atoms with Gasteiger partial charge in [-0.3, -0.25) is 9.59 Å². The number of fused-ring (bicyclic) bond motifs is 1. The maximum absolute atomic E-state index is 12.9. The van der Waals surface area contributed by atoms with Gasteiger partial charge in [0.1, 0.15) is 0 Å². The molecule has 2 aliphatic heterocycles. The molecule has 0 saturated carbocycles. The molecule has 0 atom stereocenters. The number of hydrogen-bond acceptors (Lipinski definition) is 8. The molecule has 10 nitrogen and oxygen atoms in total. The van der Waals surface area contributed by atoms with Crippen molar-refractivity contribution >= 4 is 33.4 Å². The van der Waals surface area contributed by atoms with E-state index >= 15 is 0 Å². The molecule has 4 heterocycles. The summed E-state index contributed by atoms with van der Waals surface area (Å²) in [6, 6.07) is 1.48. The fourth-order valence-corrected chi connectivity index (χ4v) is 4.94. The van der Waals surface area contributed by atoms with Crippen LogP contribution < -0.4 is 10.5 Å². The van der Waals surface area contributed by atoms with Crippen molar-refractivity contribution in [3.05, 3.63) is 22.1 Å². The van der Waals surface area contributed by atoms with Gasteiger partial charge in [0.25, 0.3) is 5.56 Å². The Hall–Kier alpha value is -2.69. The highest BCUT2D eigenvalue weighted by molar-refractivity contribution is 7.20. The lowest BCUT2D eigenvalue weighted by Gasteiger charge is -2.38. The number of carbonyl (C=O) groups excluding carboxylic acids is 2. The number of anilines is 1. The highest BCUT2D eigenvalue weighted by Gasteiger charge is 2.32. The minimum absolute atomic E-state index is 0.0205. The third-order valence-electron chi connectivity index (χ3n) is 5.59. The molecule has 162 valence electrons. The van der Waals surface area contributed by atoms with Crippen molar-refractivity contribution in [3.63, 3.8) is 0 Å². The summed E-state index contributed by atoms with van der Waals surface area (Å²) in [5, 5.41) is 5.18. The van der Waals surface area contributed by atoms with Crippen molar-refractivity contribution in [1.82, 2.24) is 24.4 Å². The Bertz CT molecular complexity index is 989. The molecule has 0 aromatic carbocycles. The van der Waals surface area contributed by atoms with Crippen LogP contribution in [0.15, 0.2) is 10.9 Å². The van der Waals surface area contributed by atoms with E-state index < -0.39 is 0 Å². The van der Waals surface area contributed by atoms with Crippen LogP contribution in [0.3, 0.4) is 0 Å². The number of carbonyl (C=O) groups is 2. The molecule has 4 rings (SSSR count). The first-order valence-corrected chi connectivity index (χ1v) is 11.1. The average molecular weight is 435 g/mol. The fraction of sp³-hybridized carbons (Fsp3) is 0.632. The van der Waals surface area contributed by atoms with Crippen LogP contribution in [0.4, 0.5) is 9.93 Å². The van der Waals surface area contributed by atoms with E-state index in [-0.39, 0.29) is 23.5 Å². The summed E-state index contributed by atoms with van der Waals surface area (Å²) in [5.41, 5.74) is 0.509. The number of rotatable bonds is 3. The van der Waals surface area contributed by atoms with Crippen LogP contribution >= 0.6 is 11.3 Å². The average Bonchev–Trinajstić information content (AvgIpc) is 3.18. The van der Waals surface area contributed by atoms with Gasteiger partial charge in [0.05, 0.1) is 6.61 Å². The third-order valence-corrected chi connectivity index (χ3v) is 6.56. The third kappa shape index (κ3) is 4.11. The highest BCUT2D eigenvalue weighted by atomic mass is 32.1. The molecule has 2 fully saturated rings. The number of ether oxygens (including phenoxy) is 1. The Morgan fingerprint density at radius 2 is 1.80 bits per heavy atom. The van der Waals surface area contributed by atoms with E-state index in [0.717, 1.165) is 18.0 Å². The van der Waals surface area contributed by atoms with Gasteiger partial charge in [-0.05, 0) is 26.7 Å². The van der Waals surface area contributed by atoms with Crippen molar-refractivity contribution in [2.24, 2.45) is 5.92 Å². The first-order valence-electron chi connectivity index (χ1n) is 10.3. The number of hydrogen-bond donors (Lipinski definition) is 0. The van der Waals surface area contributed by atoms with Crippen LogP contribution in [0.2, 0.25) is 0 Å². The van der Waals surface area contributed by atoms with E-state index in [4.69, 9.17) is 4.74 Å². The number of piperidine rings is 1. The van der Waals surface area contributed by atoms with Crippen LogP contribution in [0, 0.1) is 12.8 Å². The largest absolute Gasteiger partial charge is 0.450 e. The Morgan fingerprint density at radius 3 is 2.47 bits per heavy atom. The number of piperazine rings is 1. The van der Waals surface area contributed by atoms with Gasteiger partial charge in [-0.15, -0.1) is 5.10 Å². The molecule has 0 aliphatic carbocycles. The second kappa shape index (κ2) is 8.58. The number of amides is 2. The van der Waals surface area contributed by atoms with E-state index in [2.05, 4.69) is 15.0 Å². The molecule has 0 radical (unpaired) electrons. The number of nitrogens with zero attached hydrogens (tertiary/aromatic N) is 6. The lowest BCUT2D eigenvalue weighted by Crippen LogP contribution is -2.53. The maximum atomic E-state index is 12.9. The number of aromatic nitrogens is 3. The van der Waals surface area contributed by atoms with Gasteiger partial charge in [0.2, 0.25) is 16.0 Å². The van der Waals surface area contributed by atoms with Gasteiger partial charge in [0.15, 0.2) is 0 Å². The lowest BCUT2D eigenvalue weighted by atomic mass is 9.95. The zero-order chi connectivity index (χ0) is 21.3.